The fourth-order valence-electron chi connectivity index (χ4n) is 4.11. The molecule has 4 heterocycles. The molecule has 4 aromatic rings. The third-order valence-electron chi connectivity index (χ3n) is 5.59. The predicted molar refractivity (Wildman–Crippen MR) is 124 cm³/mol. The number of aliphatic hydroxyl groups is 1. The van der Waals surface area contributed by atoms with E-state index in [4.69, 9.17) is 14.8 Å². The van der Waals surface area contributed by atoms with Crippen molar-refractivity contribution < 1.29 is 9.84 Å². The second-order valence-electron chi connectivity index (χ2n) is 8.97. The van der Waals surface area contributed by atoms with Gasteiger partial charge in [0, 0.05) is 30.9 Å². The van der Waals surface area contributed by atoms with Crippen molar-refractivity contribution in [2.75, 3.05) is 31.2 Å². The number of rotatable bonds is 5. The Morgan fingerprint density at radius 2 is 1.94 bits per heavy atom. The Kier molecular flexibility index (Phi) is 5.19. The number of imidazole rings is 1. The predicted octanol–water partition coefficient (Wildman–Crippen LogP) is 3.20. The highest BCUT2D eigenvalue weighted by Crippen LogP contribution is 2.29. The molecule has 0 atom stereocenters. The Hall–Kier alpha value is -3.23. The first kappa shape index (κ1) is 20.7. The minimum absolute atomic E-state index is 0.399. The first-order valence-corrected chi connectivity index (χ1v) is 10.9. The van der Waals surface area contributed by atoms with E-state index in [1.165, 1.54) is 5.56 Å². The standard InChI is InChI=1S/C24H28N6O2/c1-17-5-4-6-18(13-17)19-7-8-30(27-19)21-14-20(28-9-11-32-12-10-28)22-23(26-21)29(16-25-22)15-24(2,3)31/h4-8,13-14,16,31H,9-12,15H2,1-3H3. The number of aromatic nitrogens is 5. The summed E-state index contributed by atoms with van der Waals surface area (Å²) in [5.74, 6) is 0.718. The minimum atomic E-state index is -0.880. The first-order valence-electron chi connectivity index (χ1n) is 10.9. The lowest BCUT2D eigenvalue weighted by atomic mass is 10.1. The average Bonchev–Trinajstić information content (AvgIpc) is 3.41. The van der Waals surface area contributed by atoms with Crippen LogP contribution in [0.3, 0.4) is 0 Å². The molecule has 0 aliphatic carbocycles. The van der Waals surface area contributed by atoms with Crippen LogP contribution in [0.5, 0.6) is 0 Å². The van der Waals surface area contributed by atoms with E-state index in [9.17, 15) is 5.11 Å². The summed E-state index contributed by atoms with van der Waals surface area (Å²) in [7, 11) is 0. The first-order chi connectivity index (χ1) is 15.4. The van der Waals surface area contributed by atoms with E-state index >= 15 is 0 Å². The van der Waals surface area contributed by atoms with Gasteiger partial charge in [-0.2, -0.15) is 5.10 Å². The Morgan fingerprint density at radius 3 is 2.69 bits per heavy atom. The molecule has 1 aliphatic rings. The van der Waals surface area contributed by atoms with Crippen molar-refractivity contribution in [2.24, 2.45) is 0 Å². The average molecular weight is 433 g/mol. The van der Waals surface area contributed by atoms with Crippen molar-refractivity contribution >= 4 is 16.9 Å². The Labute approximate surface area is 187 Å². The fourth-order valence-corrected chi connectivity index (χ4v) is 4.11. The van der Waals surface area contributed by atoms with Crippen molar-refractivity contribution in [3.8, 4) is 17.1 Å². The number of aryl methyl sites for hydroxylation is 1. The maximum absolute atomic E-state index is 10.4. The summed E-state index contributed by atoms with van der Waals surface area (Å²) in [6.45, 7) is 9.01. The van der Waals surface area contributed by atoms with Crippen LogP contribution in [0.15, 0.2) is 48.9 Å². The molecular formula is C24H28N6O2. The van der Waals surface area contributed by atoms with Crippen molar-refractivity contribution in [3.63, 3.8) is 0 Å². The highest BCUT2D eigenvalue weighted by Gasteiger charge is 2.22. The van der Waals surface area contributed by atoms with Gasteiger partial charge in [-0.15, -0.1) is 0 Å². The van der Waals surface area contributed by atoms with Gasteiger partial charge < -0.3 is 19.3 Å². The number of morpholine rings is 1. The lowest BCUT2D eigenvalue weighted by Crippen LogP contribution is -2.36. The Balaban J connectivity index is 1.61. The number of pyridine rings is 1. The lowest BCUT2D eigenvalue weighted by Gasteiger charge is -2.29. The Morgan fingerprint density at radius 1 is 1.12 bits per heavy atom. The highest BCUT2D eigenvalue weighted by atomic mass is 16.5. The number of ether oxygens (including phenoxy) is 1. The van der Waals surface area contributed by atoms with Crippen LogP contribution in [0.2, 0.25) is 0 Å². The fraction of sp³-hybridized carbons (Fsp3) is 0.375. The van der Waals surface area contributed by atoms with E-state index in [-0.39, 0.29) is 0 Å². The van der Waals surface area contributed by atoms with Crippen LogP contribution in [0, 0.1) is 6.92 Å². The van der Waals surface area contributed by atoms with Gasteiger partial charge in [0.2, 0.25) is 0 Å². The van der Waals surface area contributed by atoms with E-state index in [0.29, 0.717) is 19.8 Å². The maximum Gasteiger partial charge on any atom is 0.164 e. The van der Waals surface area contributed by atoms with Gasteiger partial charge in [0.15, 0.2) is 11.5 Å². The molecule has 3 aromatic heterocycles. The quantitative estimate of drug-likeness (QED) is 0.522. The van der Waals surface area contributed by atoms with Gasteiger partial charge in [0.1, 0.15) is 5.52 Å². The molecule has 0 radical (unpaired) electrons. The summed E-state index contributed by atoms with van der Waals surface area (Å²) in [6.07, 6.45) is 3.69. The molecule has 1 fully saturated rings. The van der Waals surface area contributed by atoms with Crippen molar-refractivity contribution in [1.82, 2.24) is 24.3 Å². The topological polar surface area (TPSA) is 81.2 Å². The molecule has 0 amide bonds. The summed E-state index contributed by atoms with van der Waals surface area (Å²) in [5, 5.41) is 15.2. The maximum atomic E-state index is 10.4. The van der Waals surface area contributed by atoms with Gasteiger partial charge in [0.25, 0.3) is 0 Å². The zero-order valence-electron chi connectivity index (χ0n) is 18.7. The molecule has 1 aromatic carbocycles. The van der Waals surface area contributed by atoms with Gasteiger partial charge in [-0.1, -0.05) is 23.8 Å². The number of fused-ring (bicyclic) bond motifs is 1. The second kappa shape index (κ2) is 8.03. The summed E-state index contributed by atoms with van der Waals surface area (Å²) in [5.41, 5.74) is 4.86. The largest absolute Gasteiger partial charge is 0.389 e. The molecule has 1 aliphatic heterocycles. The van der Waals surface area contributed by atoms with Gasteiger partial charge >= 0.3 is 0 Å². The summed E-state index contributed by atoms with van der Waals surface area (Å²) >= 11 is 0. The number of hydrogen-bond donors (Lipinski definition) is 1. The molecule has 0 bridgehead atoms. The molecule has 0 spiro atoms. The number of nitrogens with zero attached hydrogens (tertiary/aromatic N) is 6. The van der Waals surface area contributed by atoms with E-state index in [2.05, 4.69) is 35.0 Å². The van der Waals surface area contributed by atoms with Crippen LogP contribution in [0.4, 0.5) is 5.69 Å². The summed E-state index contributed by atoms with van der Waals surface area (Å²) in [6, 6.07) is 12.4. The van der Waals surface area contributed by atoms with Crippen molar-refractivity contribution in [1.29, 1.82) is 0 Å². The molecule has 0 unspecified atom stereocenters. The van der Waals surface area contributed by atoms with Gasteiger partial charge in [-0.25, -0.2) is 14.6 Å². The lowest BCUT2D eigenvalue weighted by molar-refractivity contribution is 0.0625. The van der Waals surface area contributed by atoms with E-state index in [1.54, 1.807) is 20.2 Å². The SMILES string of the molecule is Cc1cccc(-c2ccn(-c3cc(N4CCOCC4)c4ncn(CC(C)(C)O)c4n3)n2)c1. The van der Waals surface area contributed by atoms with Crippen LogP contribution in [0.25, 0.3) is 28.2 Å². The molecular weight excluding hydrogens is 404 g/mol. The van der Waals surface area contributed by atoms with Crippen LogP contribution < -0.4 is 4.90 Å². The molecule has 1 saturated heterocycles. The molecule has 0 saturated carbocycles. The normalized spacial score (nSPS) is 14.9. The summed E-state index contributed by atoms with van der Waals surface area (Å²) in [4.78, 5) is 11.8. The molecule has 5 rings (SSSR count). The third-order valence-corrected chi connectivity index (χ3v) is 5.59. The number of benzene rings is 1. The smallest absolute Gasteiger partial charge is 0.164 e. The van der Waals surface area contributed by atoms with E-state index in [1.807, 2.05) is 33.6 Å². The molecule has 8 heteroatoms. The number of hydrogen-bond acceptors (Lipinski definition) is 6. The van der Waals surface area contributed by atoms with Gasteiger partial charge in [0.05, 0.1) is 43.1 Å². The zero-order valence-corrected chi connectivity index (χ0v) is 18.7. The Bertz CT molecular complexity index is 1250. The number of anilines is 1. The molecule has 8 nitrogen and oxygen atoms in total. The minimum Gasteiger partial charge on any atom is -0.389 e. The van der Waals surface area contributed by atoms with Crippen LogP contribution in [0.1, 0.15) is 19.4 Å². The van der Waals surface area contributed by atoms with E-state index in [0.717, 1.165) is 47.0 Å². The summed E-state index contributed by atoms with van der Waals surface area (Å²) < 4.78 is 9.27. The van der Waals surface area contributed by atoms with Crippen LogP contribution >= 0.6 is 0 Å². The monoisotopic (exact) mass is 432 g/mol. The molecule has 1 N–H and O–H groups in total. The zero-order chi connectivity index (χ0) is 22.3. The van der Waals surface area contributed by atoms with Crippen LogP contribution in [-0.4, -0.2) is 61.3 Å². The van der Waals surface area contributed by atoms with Crippen molar-refractivity contribution in [3.05, 3.63) is 54.5 Å². The molecule has 32 heavy (non-hydrogen) atoms. The highest BCUT2D eigenvalue weighted by molar-refractivity contribution is 5.87. The third kappa shape index (κ3) is 4.11. The van der Waals surface area contributed by atoms with Crippen LogP contribution in [-0.2, 0) is 11.3 Å². The van der Waals surface area contributed by atoms with Crippen molar-refractivity contribution in [2.45, 2.75) is 32.9 Å². The van der Waals surface area contributed by atoms with Gasteiger partial charge in [-0.3, -0.25) is 0 Å². The van der Waals surface area contributed by atoms with Gasteiger partial charge in [-0.05, 0) is 32.9 Å². The second-order valence-corrected chi connectivity index (χ2v) is 8.97. The van der Waals surface area contributed by atoms with E-state index < -0.39 is 5.60 Å². The molecule has 166 valence electrons.